The Kier molecular flexibility index (Phi) is 42.5. The van der Waals surface area contributed by atoms with E-state index in [1.807, 2.05) is 95.7 Å². The molecule has 2 aromatic rings. The summed E-state index contributed by atoms with van der Waals surface area (Å²) >= 11 is 0. The number of amides is 2. The number of hydrogen-bond acceptors (Lipinski definition) is 29. The Morgan fingerprint density at radius 2 is 0.992 bits per heavy atom. The van der Waals surface area contributed by atoms with Gasteiger partial charge in [0.05, 0.1) is 82.2 Å². The summed E-state index contributed by atoms with van der Waals surface area (Å²) in [6, 6.07) is 16.2. The summed E-state index contributed by atoms with van der Waals surface area (Å²) in [5.41, 5.74) is 20.4. The summed E-state index contributed by atoms with van der Waals surface area (Å²) in [6.07, 6.45) is -0.00812. The number of nitrogens with two attached hydrogens (primary N) is 1. The van der Waals surface area contributed by atoms with Gasteiger partial charge < -0.3 is 102 Å². The highest BCUT2D eigenvalue weighted by Crippen LogP contribution is 2.46. The first-order valence-corrected chi connectivity index (χ1v) is 44.7. The predicted octanol–water partition coefficient (Wildman–Crippen LogP) is 14.2. The molecule has 4 fully saturated rings. The molecule has 128 heavy (non-hydrogen) atoms. The smallest absolute Gasteiger partial charge is 0.410 e. The van der Waals surface area contributed by atoms with Gasteiger partial charge in [-0.1, -0.05) is 109 Å². The lowest BCUT2D eigenvalue weighted by Crippen LogP contribution is -2.60. The van der Waals surface area contributed by atoms with Gasteiger partial charge in [0.25, 0.3) is 0 Å². The molecule has 0 saturated carbocycles. The van der Waals surface area contributed by atoms with Crippen molar-refractivity contribution in [1.29, 1.82) is 0 Å². The average Bonchev–Trinajstić information content (AvgIpc) is 1.01. The molecule has 35 heteroatoms. The second kappa shape index (κ2) is 49.3. The third kappa shape index (κ3) is 28.6. The number of azide groups is 2. The zero-order valence-corrected chi connectivity index (χ0v) is 79.9. The van der Waals surface area contributed by atoms with E-state index in [1.54, 1.807) is 135 Å². The molecule has 0 aromatic heterocycles. The molecule has 0 aliphatic carbocycles. The van der Waals surface area contributed by atoms with Gasteiger partial charge in [-0.25, -0.2) is 28.8 Å². The minimum Gasteiger partial charge on any atom is -0.459 e. The highest BCUT2D eigenvalue weighted by atomic mass is 16.7. The summed E-state index contributed by atoms with van der Waals surface area (Å²) < 4.78 is 86.2. The van der Waals surface area contributed by atoms with Crippen LogP contribution in [0.2, 0.25) is 0 Å². The fourth-order valence-electron chi connectivity index (χ4n) is 18.6. The first kappa shape index (κ1) is 110. The van der Waals surface area contributed by atoms with Gasteiger partial charge in [-0.05, 0) is 196 Å². The monoisotopic (exact) mass is 1810 g/mol. The number of aliphatic hydroxyl groups is 2. The van der Waals surface area contributed by atoms with Crippen molar-refractivity contribution in [2.75, 3.05) is 88.3 Å². The van der Waals surface area contributed by atoms with Gasteiger partial charge in [0, 0.05) is 132 Å². The number of hydrogen-bond donors (Lipinski definition) is 4. The number of aliphatic hydroxyl groups excluding tert-OH is 2. The zero-order chi connectivity index (χ0) is 95.0. The van der Waals surface area contributed by atoms with Crippen LogP contribution in [0.1, 0.15) is 231 Å². The van der Waals surface area contributed by atoms with E-state index in [1.165, 1.54) is 0 Å². The van der Waals surface area contributed by atoms with Crippen molar-refractivity contribution in [1.82, 2.24) is 24.9 Å². The normalized spacial score (nSPS) is 27.6. The maximum Gasteiger partial charge on any atom is 0.410 e. The number of rotatable bonds is 44. The van der Waals surface area contributed by atoms with Crippen LogP contribution in [0.15, 0.2) is 93.6 Å². The molecule has 6 aliphatic rings. The standard InChI is InChI=1S/C46H74N6O11.C33H49NO9.C13H25N5O3.CH4/c1-14-36(53)46(10)38(52(43(56)63-46)23-19-18-22-49-50-47)32(6)48-26-28(2)25-45(9,57-13)39(30(4)37-31(5)40(54)62-44(7,8)61-37)60-42-29(3)35(51(11)12)24-34(59-42)27-58-41(55)33-20-16-15-17-21-33;1-20(18-35)17-33(7,38-10)28(22(3)27-23(4)29(36)43-32(5,6)42-27)41-31-21(2)26(34(8)9)16-25(40-31)19-39-30(37)24-14-12-11-13-15-24;1-4-10(19)13(3)11(9(2)14)18(12(20)21-13)8-6-5-7-16-17-15;/h15-17,20-21,28-30,32,34-36,38-39,42,48,53H,14,18-19,22-27H2,1-13H3;11-15,18,20-22,25-26,28,31H,16-17,19H2,1-10H3;9-11,19H,4-8,14H2,1-3H3;1H4/t28-,29-,30+,32-,34+,35?,36-,38-,39-,42+,45-,46-;20-,21-,22+,25+,26?,28-,31+,33-;9-,10-,11-,13-;/m111./s1. The molecule has 4 saturated heterocycles. The lowest BCUT2D eigenvalue weighted by atomic mass is 9.80. The number of esters is 4. The number of benzene rings is 2. The van der Waals surface area contributed by atoms with Crippen LogP contribution >= 0.6 is 0 Å². The Morgan fingerprint density at radius 1 is 0.617 bits per heavy atom. The predicted molar refractivity (Wildman–Crippen MR) is 481 cm³/mol. The number of unbranched alkanes of at least 4 members (excludes halogenated alkanes) is 2. The van der Waals surface area contributed by atoms with Crippen molar-refractivity contribution in [2.24, 2.45) is 51.5 Å². The van der Waals surface area contributed by atoms with Crippen LogP contribution in [0.4, 0.5) is 9.59 Å². The Bertz CT molecular complexity index is 4080. The number of cyclic esters (lactones) is 4. The van der Waals surface area contributed by atoms with E-state index in [9.17, 15) is 43.8 Å². The van der Waals surface area contributed by atoms with Gasteiger partial charge in [-0.3, -0.25) is 9.80 Å². The number of nitrogens with zero attached hydrogens (tertiary/aromatic N) is 10. The number of carbonyl (C=O) groups is 7. The van der Waals surface area contributed by atoms with E-state index in [2.05, 4.69) is 55.9 Å². The average molecular weight is 1810 g/mol. The molecular weight excluding hydrogens is 1650 g/mol. The molecule has 24 atom stereocenters. The van der Waals surface area contributed by atoms with Crippen molar-refractivity contribution < 1.29 is 110 Å². The van der Waals surface area contributed by atoms with Crippen molar-refractivity contribution in [3.63, 3.8) is 0 Å². The Balaban J connectivity index is 0.000000383. The van der Waals surface area contributed by atoms with Gasteiger partial charge in [0.15, 0.2) is 23.8 Å². The molecule has 35 nitrogen and oxygen atoms in total. The Labute approximate surface area is 758 Å². The first-order chi connectivity index (χ1) is 59.6. The van der Waals surface area contributed by atoms with Crippen LogP contribution < -0.4 is 11.1 Å². The minimum atomic E-state index is -1.22. The van der Waals surface area contributed by atoms with Gasteiger partial charge in [0.2, 0.25) is 11.6 Å². The van der Waals surface area contributed by atoms with Crippen molar-refractivity contribution in [2.45, 2.75) is 330 Å². The lowest BCUT2D eigenvalue weighted by Gasteiger charge is -2.48. The first-order valence-electron chi connectivity index (χ1n) is 44.7. The number of nitrogens with one attached hydrogen (secondary N) is 1. The highest BCUT2D eigenvalue weighted by molar-refractivity contribution is 5.91. The molecule has 2 aromatic carbocycles. The second-order valence-corrected chi connectivity index (χ2v) is 37.2. The number of ether oxygens (including phenoxy) is 14. The minimum absolute atomic E-state index is 0. The number of methoxy groups -OCH3 is 2. The molecule has 6 aliphatic heterocycles. The summed E-state index contributed by atoms with van der Waals surface area (Å²) in [7, 11) is 11.2. The summed E-state index contributed by atoms with van der Waals surface area (Å²) in [5, 5.41) is 32.1. The van der Waals surface area contributed by atoms with E-state index in [4.69, 9.17) is 83.1 Å². The van der Waals surface area contributed by atoms with Gasteiger partial charge in [0.1, 0.15) is 31.0 Å². The maximum absolute atomic E-state index is 13.3. The SMILES string of the molecule is C.CC[C@@H](O)[C@@]1(C)OC(=O)N(CCCCN=[N+]=[N-])[C@@H]1[C@@H](C)N.CC[C@@H](O)[C@@]1(C)OC(=O)N(CCCCN=[N+]=[N-])[C@@H]1[C@@H](C)NC[C@H](C)C[C@@](C)(OC)[C@H](O[C@@H]1O[C@H](COC(=O)c2ccccc2)CC(N(C)C)[C@H]1C)[C@@H](C)C1=C(C)C(=O)OC(C)(C)O1.CO[C@](C)(C[C@@H](C)C=O)[C@H](O[C@@H]1O[C@H](COC(=O)c2ccccc2)CC(N(C)C)[C@H]1C)[C@@H](C)C1=C(C)C(=O)OC(C)(C)O1. The molecule has 0 radical (unpaired) electrons. The lowest BCUT2D eigenvalue weighted by molar-refractivity contribution is -0.290. The largest absolute Gasteiger partial charge is 0.459 e. The van der Waals surface area contributed by atoms with E-state index in [-0.39, 0.29) is 74.5 Å². The van der Waals surface area contributed by atoms with Crippen molar-refractivity contribution in [3.05, 3.63) is 115 Å². The Hall–Kier alpha value is -8.25. The van der Waals surface area contributed by atoms with Crippen molar-refractivity contribution >= 4 is 42.3 Å². The molecule has 2 amide bonds. The molecule has 8 rings (SSSR count). The van der Waals surface area contributed by atoms with Crippen LogP contribution in [0, 0.1) is 35.5 Å². The van der Waals surface area contributed by atoms with E-state index in [0.29, 0.717) is 131 Å². The summed E-state index contributed by atoms with van der Waals surface area (Å²) in [6.45, 7) is 39.1. The summed E-state index contributed by atoms with van der Waals surface area (Å²) in [4.78, 5) is 102. The maximum atomic E-state index is 13.3. The molecule has 0 spiro atoms. The second-order valence-electron chi connectivity index (χ2n) is 37.2. The van der Waals surface area contributed by atoms with Crippen LogP contribution in [-0.2, 0) is 80.7 Å². The fraction of sp³-hybridized carbons (Fsp3) is 0.753. The van der Waals surface area contributed by atoms with E-state index in [0.717, 1.165) is 6.29 Å². The van der Waals surface area contributed by atoms with E-state index < -0.39 is 137 Å². The van der Waals surface area contributed by atoms with Crippen LogP contribution in [0.25, 0.3) is 20.9 Å². The quantitative estimate of drug-likeness (QED) is 0.00910. The highest BCUT2D eigenvalue weighted by Gasteiger charge is 2.59. The third-order valence-electron chi connectivity index (χ3n) is 25.5. The Morgan fingerprint density at radius 3 is 1.34 bits per heavy atom. The molecule has 0 bridgehead atoms. The summed E-state index contributed by atoms with van der Waals surface area (Å²) in [5.74, 6) is -4.91. The molecule has 6 heterocycles. The van der Waals surface area contributed by atoms with Crippen LogP contribution in [0.5, 0.6) is 0 Å². The molecular formula is C93H152N12O23. The fourth-order valence-corrected chi connectivity index (χ4v) is 18.6. The van der Waals surface area contributed by atoms with E-state index >= 15 is 0 Å². The van der Waals surface area contributed by atoms with Crippen molar-refractivity contribution in [3.8, 4) is 0 Å². The molecule has 722 valence electrons. The number of carbonyl (C=O) groups excluding carboxylic acids is 7. The topological polar surface area (TPSA) is 438 Å². The molecule has 5 N–H and O–H groups in total. The third-order valence-corrected chi connectivity index (χ3v) is 25.5. The zero-order valence-electron chi connectivity index (χ0n) is 79.9. The van der Waals surface area contributed by atoms with Gasteiger partial charge in [-0.2, -0.15) is 0 Å². The van der Waals surface area contributed by atoms with Crippen LogP contribution in [-0.4, -0.2) is 280 Å². The molecule has 2 unspecified atom stereocenters. The number of aldehydes is 1. The van der Waals surface area contributed by atoms with Gasteiger partial charge in [-0.15, -0.1) is 0 Å². The van der Waals surface area contributed by atoms with Crippen LogP contribution in [0.3, 0.4) is 0 Å². The van der Waals surface area contributed by atoms with Gasteiger partial charge >= 0.3 is 36.1 Å².